The highest BCUT2D eigenvalue weighted by Crippen LogP contribution is 2.21. The van der Waals surface area contributed by atoms with Crippen LogP contribution in [0, 0.1) is 0 Å². The summed E-state index contributed by atoms with van der Waals surface area (Å²) in [6.45, 7) is 1.74. The predicted molar refractivity (Wildman–Crippen MR) is 77.7 cm³/mol. The average Bonchev–Trinajstić information content (AvgIpc) is 2.91. The maximum atomic E-state index is 11.9. The van der Waals surface area contributed by atoms with Gasteiger partial charge in [0.1, 0.15) is 5.76 Å². The molecule has 2 aromatic rings. The number of hydrogen-bond acceptors (Lipinski definition) is 3. The highest BCUT2D eigenvalue weighted by Gasteiger charge is 2.15. The molecular formula is C14H13ClN2O4. The van der Waals surface area contributed by atoms with Crippen molar-refractivity contribution in [2.24, 2.45) is 0 Å². The third kappa shape index (κ3) is 3.76. The molecule has 0 spiro atoms. The Morgan fingerprint density at radius 3 is 2.71 bits per heavy atom. The molecule has 0 saturated heterocycles. The van der Waals surface area contributed by atoms with E-state index >= 15 is 0 Å². The van der Waals surface area contributed by atoms with Crippen LogP contribution in [0.4, 0.5) is 10.5 Å². The second kappa shape index (κ2) is 6.32. The Hall–Kier alpha value is -2.47. The van der Waals surface area contributed by atoms with E-state index in [9.17, 15) is 9.59 Å². The Kier molecular flexibility index (Phi) is 4.49. The van der Waals surface area contributed by atoms with Crippen LogP contribution in [0.15, 0.2) is 41.0 Å². The number of carbonyl (C=O) groups is 2. The Bertz CT molecular complexity index is 655. The van der Waals surface area contributed by atoms with Crippen LogP contribution in [-0.2, 0) is 0 Å². The van der Waals surface area contributed by atoms with Crippen molar-refractivity contribution in [3.05, 3.63) is 52.9 Å². The van der Waals surface area contributed by atoms with Crippen molar-refractivity contribution in [2.45, 2.75) is 13.0 Å². The van der Waals surface area contributed by atoms with Crippen molar-refractivity contribution in [1.29, 1.82) is 0 Å². The zero-order valence-corrected chi connectivity index (χ0v) is 11.8. The summed E-state index contributed by atoms with van der Waals surface area (Å²) in [7, 11) is 0. The van der Waals surface area contributed by atoms with Gasteiger partial charge in [-0.15, -0.1) is 0 Å². The number of urea groups is 1. The molecule has 0 aliphatic carbocycles. The molecule has 1 aromatic carbocycles. The van der Waals surface area contributed by atoms with E-state index in [1.807, 2.05) is 0 Å². The van der Waals surface area contributed by atoms with Crippen LogP contribution >= 0.6 is 11.6 Å². The lowest BCUT2D eigenvalue weighted by atomic mass is 10.2. The summed E-state index contributed by atoms with van der Waals surface area (Å²) < 4.78 is 5.17. The number of aromatic carboxylic acids is 1. The van der Waals surface area contributed by atoms with Gasteiger partial charge < -0.3 is 20.2 Å². The number of carbonyl (C=O) groups excluding carboxylic acids is 1. The number of nitrogens with one attached hydrogen (secondary N) is 2. The number of furan rings is 1. The van der Waals surface area contributed by atoms with E-state index in [0.717, 1.165) is 0 Å². The zero-order valence-electron chi connectivity index (χ0n) is 11.1. The van der Waals surface area contributed by atoms with Crippen LogP contribution in [0.25, 0.3) is 0 Å². The van der Waals surface area contributed by atoms with Crippen molar-refractivity contribution in [3.63, 3.8) is 0 Å². The molecule has 0 aliphatic rings. The number of anilines is 1. The second-order valence-electron chi connectivity index (χ2n) is 4.33. The van der Waals surface area contributed by atoms with Crippen LogP contribution in [0.2, 0.25) is 5.02 Å². The standard InChI is InChI=1S/C14H13ClN2O4/c1-8(12-3-2-6-21-12)16-14(20)17-11-7-9(15)4-5-10(11)13(18)19/h2-8H,1H3,(H,18,19)(H2,16,17,20). The molecule has 3 N–H and O–H groups in total. The largest absolute Gasteiger partial charge is 0.478 e. The first-order valence-corrected chi connectivity index (χ1v) is 6.49. The fraction of sp³-hybridized carbons (Fsp3) is 0.143. The molecule has 1 unspecified atom stereocenters. The van der Waals surface area contributed by atoms with E-state index in [1.54, 1.807) is 19.1 Å². The van der Waals surface area contributed by atoms with E-state index in [-0.39, 0.29) is 17.3 Å². The van der Waals surface area contributed by atoms with Crippen molar-refractivity contribution in [1.82, 2.24) is 5.32 Å². The molecule has 7 heteroatoms. The molecule has 0 bridgehead atoms. The molecular weight excluding hydrogens is 296 g/mol. The normalized spacial score (nSPS) is 11.7. The summed E-state index contributed by atoms with van der Waals surface area (Å²) >= 11 is 5.81. The molecule has 1 aromatic heterocycles. The summed E-state index contributed by atoms with van der Waals surface area (Å²) in [5, 5.41) is 14.5. The van der Waals surface area contributed by atoms with E-state index < -0.39 is 12.0 Å². The van der Waals surface area contributed by atoms with E-state index in [0.29, 0.717) is 10.8 Å². The number of halogens is 1. The highest BCUT2D eigenvalue weighted by molar-refractivity contribution is 6.31. The van der Waals surface area contributed by atoms with Gasteiger partial charge in [-0.05, 0) is 37.3 Å². The molecule has 1 heterocycles. The van der Waals surface area contributed by atoms with Gasteiger partial charge >= 0.3 is 12.0 Å². The van der Waals surface area contributed by atoms with Crippen LogP contribution < -0.4 is 10.6 Å². The summed E-state index contributed by atoms with van der Waals surface area (Å²) in [4.78, 5) is 23.0. The van der Waals surface area contributed by atoms with E-state index in [1.165, 1.54) is 24.5 Å². The monoisotopic (exact) mass is 308 g/mol. The molecule has 0 radical (unpaired) electrons. The van der Waals surface area contributed by atoms with Crippen molar-refractivity contribution >= 4 is 29.3 Å². The minimum atomic E-state index is -1.15. The topological polar surface area (TPSA) is 91.6 Å². The lowest BCUT2D eigenvalue weighted by molar-refractivity contribution is 0.0698. The quantitative estimate of drug-likeness (QED) is 0.806. The maximum absolute atomic E-state index is 11.9. The first kappa shape index (κ1) is 14.9. The number of benzene rings is 1. The molecule has 1 atom stereocenters. The minimum Gasteiger partial charge on any atom is -0.478 e. The average molecular weight is 309 g/mol. The van der Waals surface area contributed by atoms with Crippen molar-refractivity contribution < 1.29 is 19.1 Å². The van der Waals surface area contributed by atoms with Crippen LogP contribution in [0.3, 0.4) is 0 Å². The smallest absolute Gasteiger partial charge is 0.337 e. The fourth-order valence-corrected chi connectivity index (χ4v) is 1.94. The molecule has 0 saturated carbocycles. The van der Waals surface area contributed by atoms with Gasteiger partial charge in [0.05, 0.1) is 23.6 Å². The van der Waals surface area contributed by atoms with Gasteiger partial charge in [-0.2, -0.15) is 0 Å². The van der Waals surface area contributed by atoms with Gasteiger partial charge in [0.2, 0.25) is 0 Å². The predicted octanol–water partition coefficient (Wildman–Crippen LogP) is 3.51. The Morgan fingerprint density at radius 1 is 1.33 bits per heavy atom. The lowest BCUT2D eigenvalue weighted by Gasteiger charge is -2.14. The zero-order chi connectivity index (χ0) is 15.4. The third-order valence-electron chi connectivity index (χ3n) is 2.78. The maximum Gasteiger partial charge on any atom is 0.337 e. The molecule has 6 nitrogen and oxygen atoms in total. The first-order chi connectivity index (χ1) is 9.97. The molecule has 21 heavy (non-hydrogen) atoms. The molecule has 110 valence electrons. The van der Waals surface area contributed by atoms with Crippen molar-refractivity contribution in [3.8, 4) is 0 Å². The van der Waals surface area contributed by atoms with Gasteiger partial charge in [-0.3, -0.25) is 0 Å². The van der Waals surface area contributed by atoms with Gasteiger partial charge in [0.25, 0.3) is 0 Å². The van der Waals surface area contributed by atoms with E-state index in [2.05, 4.69) is 10.6 Å². The summed E-state index contributed by atoms with van der Waals surface area (Å²) in [6.07, 6.45) is 1.50. The SMILES string of the molecule is CC(NC(=O)Nc1cc(Cl)ccc1C(=O)O)c1ccco1. The molecule has 0 fully saturated rings. The van der Waals surface area contributed by atoms with Gasteiger partial charge in [-0.25, -0.2) is 9.59 Å². The Labute approximate surface area is 125 Å². The number of carboxylic acids is 1. The van der Waals surface area contributed by atoms with Crippen LogP contribution in [0.5, 0.6) is 0 Å². The molecule has 0 aliphatic heterocycles. The number of carboxylic acid groups (broad SMARTS) is 1. The summed E-state index contributed by atoms with van der Waals surface area (Å²) in [5.41, 5.74) is 0.0827. The Morgan fingerprint density at radius 2 is 2.10 bits per heavy atom. The molecule has 2 rings (SSSR count). The fourth-order valence-electron chi connectivity index (χ4n) is 1.77. The minimum absolute atomic E-state index is 0.0415. The molecule has 2 amide bonds. The number of hydrogen-bond donors (Lipinski definition) is 3. The second-order valence-corrected chi connectivity index (χ2v) is 4.77. The van der Waals surface area contributed by atoms with Gasteiger partial charge in [0, 0.05) is 5.02 Å². The van der Waals surface area contributed by atoms with Crippen molar-refractivity contribution in [2.75, 3.05) is 5.32 Å². The van der Waals surface area contributed by atoms with Gasteiger partial charge in [0.15, 0.2) is 0 Å². The first-order valence-electron chi connectivity index (χ1n) is 6.11. The lowest BCUT2D eigenvalue weighted by Crippen LogP contribution is -2.31. The third-order valence-corrected chi connectivity index (χ3v) is 3.01. The van der Waals surface area contributed by atoms with E-state index in [4.69, 9.17) is 21.1 Å². The van der Waals surface area contributed by atoms with Crippen LogP contribution in [-0.4, -0.2) is 17.1 Å². The highest BCUT2D eigenvalue weighted by atomic mass is 35.5. The summed E-state index contributed by atoms with van der Waals surface area (Å²) in [5.74, 6) is -0.559. The number of amides is 2. The van der Waals surface area contributed by atoms with Gasteiger partial charge in [-0.1, -0.05) is 11.6 Å². The Balaban J connectivity index is 2.09. The van der Waals surface area contributed by atoms with Crippen LogP contribution in [0.1, 0.15) is 29.1 Å². The summed E-state index contributed by atoms with van der Waals surface area (Å²) in [6, 6.07) is 6.69. The number of rotatable bonds is 4.